The van der Waals surface area contributed by atoms with Crippen LogP contribution in [-0.2, 0) is 6.54 Å². The van der Waals surface area contributed by atoms with E-state index in [1.54, 1.807) is 13.1 Å². The zero-order valence-corrected chi connectivity index (χ0v) is 8.70. The van der Waals surface area contributed by atoms with Gasteiger partial charge in [-0.3, -0.25) is 0 Å². The van der Waals surface area contributed by atoms with E-state index in [0.29, 0.717) is 5.75 Å². The predicted octanol–water partition coefficient (Wildman–Crippen LogP) is 1.91. The third-order valence-electron chi connectivity index (χ3n) is 2.21. The van der Waals surface area contributed by atoms with E-state index in [1.165, 1.54) is 7.11 Å². The summed E-state index contributed by atoms with van der Waals surface area (Å²) in [6.07, 6.45) is 2.71. The zero-order valence-electron chi connectivity index (χ0n) is 8.70. The maximum atomic E-state index is 10.9. The van der Waals surface area contributed by atoms with E-state index in [1.807, 2.05) is 11.5 Å². The van der Waals surface area contributed by atoms with Gasteiger partial charge in [-0.25, -0.2) is 4.79 Å². The van der Waals surface area contributed by atoms with Gasteiger partial charge in [0.2, 0.25) is 0 Å². The summed E-state index contributed by atoms with van der Waals surface area (Å²) in [5.41, 5.74) is 1.01. The summed E-state index contributed by atoms with van der Waals surface area (Å²) >= 11 is 0. The summed E-state index contributed by atoms with van der Waals surface area (Å²) in [4.78, 5) is 10.9. The molecule has 14 heavy (non-hydrogen) atoms. The molecule has 0 saturated heterocycles. The molecule has 0 spiro atoms. The number of aryl methyl sites for hydroxylation is 1. The molecule has 0 aromatic carbocycles. The summed E-state index contributed by atoms with van der Waals surface area (Å²) < 4.78 is 6.92. The van der Waals surface area contributed by atoms with Crippen molar-refractivity contribution in [1.29, 1.82) is 0 Å². The molecule has 78 valence electrons. The van der Waals surface area contributed by atoms with Gasteiger partial charge in [0.25, 0.3) is 0 Å². The second-order valence-electron chi connectivity index (χ2n) is 3.16. The van der Waals surface area contributed by atoms with Crippen LogP contribution in [-0.4, -0.2) is 22.8 Å². The Morgan fingerprint density at radius 2 is 2.29 bits per heavy atom. The maximum absolute atomic E-state index is 10.9. The van der Waals surface area contributed by atoms with Gasteiger partial charge >= 0.3 is 5.97 Å². The van der Waals surface area contributed by atoms with Crippen molar-refractivity contribution in [3.8, 4) is 5.75 Å². The molecule has 0 atom stereocenters. The van der Waals surface area contributed by atoms with E-state index in [-0.39, 0.29) is 5.56 Å². The molecule has 0 aliphatic carbocycles. The van der Waals surface area contributed by atoms with Crippen LogP contribution in [0.1, 0.15) is 29.4 Å². The molecule has 1 rings (SSSR count). The highest BCUT2D eigenvalue weighted by atomic mass is 16.5. The Bertz CT molecular complexity index is 341. The Kier molecular flexibility index (Phi) is 3.17. The van der Waals surface area contributed by atoms with E-state index >= 15 is 0 Å². The van der Waals surface area contributed by atoms with Gasteiger partial charge in [0, 0.05) is 18.4 Å². The molecule has 0 aliphatic rings. The van der Waals surface area contributed by atoms with Crippen LogP contribution in [0.2, 0.25) is 0 Å². The van der Waals surface area contributed by atoms with Crippen LogP contribution in [0, 0.1) is 6.92 Å². The van der Waals surface area contributed by atoms with Crippen molar-refractivity contribution in [1.82, 2.24) is 4.57 Å². The topological polar surface area (TPSA) is 51.5 Å². The summed E-state index contributed by atoms with van der Waals surface area (Å²) in [5.74, 6) is -0.502. The number of methoxy groups -OCH3 is 1. The molecule has 1 heterocycles. The molecule has 4 nitrogen and oxygen atoms in total. The molecule has 0 bridgehead atoms. The predicted molar refractivity (Wildman–Crippen MR) is 53.0 cm³/mol. The molecular formula is C10H15NO3. The molecule has 0 fully saturated rings. The van der Waals surface area contributed by atoms with Gasteiger partial charge in [0.15, 0.2) is 5.75 Å². The minimum Gasteiger partial charge on any atom is -0.494 e. The SMILES string of the molecule is CCCn1cc(OC)c(C(=O)O)c1C. The van der Waals surface area contributed by atoms with Gasteiger partial charge in [-0.15, -0.1) is 0 Å². The normalized spacial score (nSPS) is 10.2. The van der Waals surface area contributed by atoms with E-state index < -0.39 is 5.97 Å². The first-order chi connectivity index (χ1) is 6.61. The van der Waals surface area contributed by atoms with E-state index in [0.717, 1.165) is 18.7 Å². The number of nitrogens with zero attached hydrogens (tertiary/aromatic N) is 1. The largest absolute Gasteiger partial charge is 0.494 e. The van der Waals surface area contributed by atoms with Crippen molar-refractivity contribution in [2.24, 2.45) is 0 Å². The van der Waals surface area contributed by atoms with Crippen LogP contribution in [0.25, 0.3) is 0 Å². The van der Waals surface area contributed by atoms with Gasteiger partial charge in [0.1, 0.15) is 5.56 Å². The average Bonchev–Trinajstić information content (AvgIpc) is 2.44. The molecule has 1 aromatic heterocycles. The first-order valence-electron chi connectivity index (χ1n) is 4.58. The average molecular weight is 197 g/mol. The zero-order chi connectivity index (χ0) is 10.7. The van der Waals surface area contributed by atoms with Crippen LogP contribution >= 0.6 is 0 Å². The fraction of sp³-hybridized carbons (Fsp3) is 0.500. The lowest BCUT2D eigenvalue weighted by atomic mass is 10.2. The number of hydrogen-bond acceptors (Lipinski definition) is 2. The van der Waals surface area contributed by atoms with Crippen LogP contribution < -0.4 is 4.74 Å². The number of carbonyl (C=O) groups is 1. The fourth-order valence-electron chi connectivity index (χ4n) is 1.51. The number of carboxylic acids is 1. The maximum Gasteiger partial charge on any atom is 0.341 e. The summed E-state index contributed by atoms with van der Waals surface area (Å²) in [6, 6.07) is 0. The minimum atomic E-state index is -0.936. The van der Waals surface area contributed by atoms with Gasteiger partial charge in [-0.05, 0) is 13.3 Å². The van der Waals surface area contributed by atoms with Crippen LogP contribution in [0.5, 0.6) is 5.75 Å². The lowest BCUT2D eigenvalue weighted by Gasteiger charge is -2.02. The van der Waals surface area contributed by atoms with Gasteiger partial charge in [0.05, 0.1) is 7.11 Å². The summed E-state index contributed by atoms with van der Waals surface area (Å²) in [7, 11) is 1.48. The molecule has 0 saturated carbocycles. The quantitative estimate of drug-likeness (QED) is 0.802. The number of rotatable bonds is 4. The molecule has 0 aliphatic heterocycles. The lowest BCUT2D eigenvalue weighted by Crippen LogP contribution is -2.03. The van der Waals surface area contributed by atoms with E-state index in [2.05, 4.69) is 0 Å². The highest BCUT2D eigenvalue weighted by molar-refractivity contribution is 5.92. The highest BCUT2D eigenvalue weighted by Crippen LogP contribution is 2.24. The third-order valence-corrected chi connectivity index (χ3v) is 2.21. The van der Waals surface area contributed by atoms with Crippen LogP contribution in [0.3, 0.4) is 0 Å². The van der Waals surface area contributed by atoms with Crippen molar-refractivity contribution in [3.05, 3.63) is 17.5 Å². The first kappa shape index (κ1) is 10.6. The summed E-state index contributed by atoms with van der Waals surface area (Å²) in [5, 5.41) is 8.97. The number of aromatic nitrogens is 1. The molecule has 0 unspecified atom stereocenters. The molecular weight excluding hydrogens is 182 g/mol. The first-order valence-corrected chi connectivity index (χ1v) is 4.58. The van der Waals surface area contributed by atoms with Crippen molar-refractivity contribution in [2.45, 2.75) is 26.8 Å². The lowest BCUT2D eigenvalue weighted by molar-refractivity contribution is 0.0692. The molecule has 1 N–H and O–H groups in total. The van der Waals surface area contributed by atoms with Gasteiger partial charge < -0.3 is 14.4 Å². The van der Waals surface area contributed by atoms with Crippen LogP contribution in [0.15, 0.2) is 6.20 Å². The second-order valence-corrected chi connectivity index (χ2v) is 3.16. The van der Waals surface area contributed by atoms with Crippen molar-refractivity contribution in [3.63, 3.8) is 0 Å². The molecule has 0 amide bonds. The number of carboxylic acid groups (broad SMARTS) is 1. The van der Waals surface area contributed by atoms with Crippen molar-refractivity contribution < 1.29 is 14.6 Å². The minimum absolute atomic E-state index is 0.265. The highest BCUT2D eigenvalue weighted by Gasteiger charge is 2.18. The van der Waals surface area contributed by atoms with Crippen LogP contribution in [0.4, 0.5) is 0 Å². The third kappa shape index (κ3) is 1.73. The second kappa shape index (κ2) is 4.17. The van der Waals surface area contributed by atoms with Crippen molar-refractivity contribution in [2.75, 3.05) is 7.11 Å². The summed E-state index contributed by atoms with van der Waals surface area (Å²) in [6.45, 7) is 4.66. The Labute approximate surface area is 83.1 Å². The molecule has 0 radical (unpaired) electrons. The van der Waals surface area contributed by atoms with E-state index in [9.17, 15) is 4.79 Å². The number of ether oxygens (including phenoxy) is 1. The standard InChI is InChI=1S/C10H15NO3/c1-4-5-11-6-8(14-3)9(7(11)2)10(12)13/h6H,4-5H2,1-3H3,(H,12,13). The van der Waals surface area contributed by atoms with E-state index in [4.69, 9.17) is 9.84 Å². The monoisotopic (exact) mass is 197 g/mol. The Morgan fingerprint density at radius 1 is 1.64 bits per heavy atom. The van der Waals surface area contributed by atoms with Gasteiger partial charge in [-0.2, -0.15) is 0 Å². The smallest absolute Gasteiger partial charge is 0.341 e. The Morgan fingerprint density at radius 3 is 2.64 bits per heavy atom. The number of aromatic carboxylic acids is 1. The fourth-order valence-corrected chi connectivity index (χ4v) is 1.51. The molecule has 1 aromatic rings. The Balaban J connectivity index is 3.18. The molecule has 4 heteroatoms. The Hall–Kier alpha value is -1.45. The number of hydrogen-bond donors (Lipinski definition) is 1. The van der Waals surface area contributed by atoms with Crippen molar-refractivity contribution >= 4 is 5.97 Å². The van der Waals surface area contributed by atoms with Gasteiger partial charge in [-0.1, -0.05) is 6.92 Å².